The van der Waals surface area contributed by atoms with Crippen LogP contribution in [0.4, 0.5) is 0 Å². The molecule has 40 heavy (non-hydrogen) atoms. The van der Waals surface area contributed by atoms with Gasteiger partial charge < -0.3 is 10.2 Å². The van der Waals surface area contributed by atoms with E-state index in [1.807, 2.05) is 0 Å². The zero-order valence-corrected chi connectivity index (χ0v) is 23.4. The van der Waals surface area contributed by atoms with Crippen LogP contribution < -0.4 is 0 Å². The molecule has 0 radical (unpaired) electrons. The Bertz CT molecular complexity index is 1070. The fourth-order valence-electron chi connectivity index (χ4n) is 4.64. The van der Waals surface area contributed by atoms with Crippen LogP contribution in [0.5, 0.6) is 0 Å². The van der Waals surface area contributed by atoms with Crippen LogP contribution in [0.15, 0.2) is 46.6 Å². The first-order chi connectivity index (χ1) is 18.1. The number of allylic oxidation sites excluding steroid dienone is 8. The van der Waals surface area contributed by atoms with Gasteiger partial charge in [0, 0.05) is 22.3 Å². The van der Waals surface area contributed by atoms with Gasteiger partial charge in [-0.3, -0.25) is 28.8 Å². The quantitative estimate of drug-likeness (QED) is 0.170. The number of carbonyl (C=O) groups is 6. The lowest BCUT2D eigenvalue weighted by atomic mass is 9.84. The van der Waals surface area contributed by atoms with E-state index in [0.29, 0.717) is 92.9 Å². The molecule has 0 saturated carbocycles. The number of Topliss-reactive ketones (excluding diaryl/α,β-unsaturated/α-hetero) is 2. The van der Waals surface area contributed by atoms with E-state index >= 15 is 0 Å². The SMILES string of the molecule is C.CC(C)(CCCCC1=CC(=O)C=C(CCCC2=CC(=O)C=C(CCCCC(C)(C)C(=O)O)C2=O)C1=O)C(=O)O. The van der Waals surface area contributed by atoms with Crippen LogP contribution in [-0.2, 0) is 28.8 Å². The van der Waals surface area contributed by atoms with Gasteiger partial charge in [0.1, 0.15) is 0 Å². The molecule has 8 nitrogen and oxygen atoms in total. The highest BCUT2D eigenvalue weighted by Crippen LogP contribution is 2.29. The number of unbranched alkanes of at least 4 members (excludes halogenated alkanes) is 2. The Balaban J connectivity index is 0.00000800. The van der Waals surface area contributed by atoms with Crippen LogP contribution in [0, 0.1) is 10.8 Å². The Labute approximate surface area is 237 Å². The molecule has 0 atom stereocenters. The van der Waals surface area contributed by atoms with Gasteiger partial charge in [-0.25, -0.2) is 0 Å². The van der Waals surface area contributed by atoms with Gasteiger partial charge in [-0.15, -0.1) is 0 Å². The van der Waals surface area contributed by atoms with Gasteiger partial charge in [0.25, 0.3) is 0 Å². The topological polar surface area (TPSA) is 143 Å². The van der Waals surface area contributed by atoms with E-state index in [-0.39, 0.29) is 30.6 Å². The first kappa shape index (κ1) is 34.6. The van der Waals surface area contributed by atoms with Gasteiger partial charge in [0.15, 0.2) is 23.1 Å². The van der Waals surface area contributed by atoms with Crippen molar-refractivity contribution in [1.82, 2.24) is 0 Å². The van der Waals surface area contributed by atoms with Gasteiger partial charge >= 0.3 is 11.9 Å². The van der Waals surface area contributed by atoms with E-state index in [4.69, 9.17) is 0 Å². The van der Waals surface area contributed by atoms with Gasteiger partial charge in [0.05, 0.1) is 10.8 Å². The molecule has 2 rings (SSSR count). The van der Waals surface area contributed by atoms with Crippen molar-refractivity contribution >= 4 is 35.1 Å². The Kier molecular flexibility index (Phi) is 12.8. The molecule has 8 heteroatoms. The summed E-state index contributed by atoms with van der Waals surface area (Å²) in [4.78, 5) is 72.8. The number of hydrogen-bond donors (Lipinski definition) is 2. The molecule has 0 amide bonds. The number of carbonyl (C=O) groups excluding carboxylic acids is 4. The minimum absolute atomic E-state index is 0. The second-order valence-electron chi connectivity index (χ2n) is 11.8. The number of ketones is 4. The van der Waals surface area contributed by atoms with Gasteiger partial charge in [-0.05, 0) is 110 Å². The number of carboxylic acids is 2. The Morgan fingerprint density at radius 1 is 0.550 bits per heavy atom. The number of hydrogen-bond acceptors (Lipinski definition) is 6. The molecule has 0 spiro atoms. The summed E-state index contributed by atoms with van der Waals surface area (Å²) in [7, 11) is 0. The average Bonchev–Trinajstić information content (AvgIpc) is 2.84. The minimum Gasteiger partial charge on any atom is -0.481 e. The Morgan fingerprint density at radius 3 is 1.10 bits per heavy atom. The van der Waals surface area contributed by atoms with E-state index in [0.717, 1.165) is 0 Å². The highest BCUT2D eigenvalue weighted by atomic mass is 16.4. The molecule has 0 saturated heterocycles. The summed E-state index contributed by atoms with van der Waals surface area (Å²) in [6.07, 6.45) is 10.5. The smallest absolute Gasteiger partial charge is 0.309 e. The number of rotatable bonds is 16. The van der Waals surface area contributed by atoms with Crippen LogP contribution in [-0.4, -0.2) is 45.3 Å². The van der Waals surface area contributed by atoms with E-state index in [1.165, 1.54) is 24.3 Å². The second kappa shape index (κ2) is 14.8. The monoisotopic (exact) mass is 556 g/mol. The predicted molar refractivity (Wildman–Crippen MR) is 153 cm³/mol. The van der Waals surface area contributed by atoms with Crippen molar-refractivity contribution in [2.75, 3.05) is 0 Å². The van der Waals surface area contributed by atoms with Crippen molar-refractivity contribution in [3.05, 3.63) is 46.6 Å². The summed E-state index contributed by atoms with van der Waals surface area (Å²) in [6, 6.07) is 0. The van der Waals surface area contributed by atoms with E-state index in [2.05, 4.69) is 0 Å². The van der Waals surface area contributed by atoms with Gasteiger partial charge in [-0.1, -0.05) is 20.3 Å². The predicted octanol–water partition coefficient (Wildman–Crippen LogP) is 6.14. The Hall–Kier alpha value is -3.42. The summed E-state index contributed by atoms with van der Waals surface area (Å²) in [6.45, 7) is 6.64. The first-order valence-electron chi connectivity index (χ1n) is 13.6. The highest BCUT2D eigenvalue weighted by Gasteiger charge is 2.28. The normalized spacial score (nSPS) is 16.1. The molecular formula is C32H44O8. The zero-order chi connectivity index (χ0) is 29.4. The maximum absolute atomic E-state index is 12.9. The van der Waals surface area contributed by atoms with Crippen LogP contribution in [0.3, 0.4) is 0 Å². The minimum atomic E-state index is -0.869. The fourth-order valence-corrected chi connectivity index (χ4v) is 4.64. The number of carboxylic acid groups (broad SMARTS) is 2. The summed E-state index contributed by atoms with van der Waals surface area (Å²) in [5.74, 6) is -2.65. The van der Waals surface area contributed by atoms with Crippen LogP contribution >= 0.6 is 0 Å². The third-order valence-corrected chi connectivity index (χ3v) is 7.48. The molecule has 0 fully saturated rings. The highest BCUT2D eigenvalue weighted by molar-refractivity contribution is 6.21. The third-order valence-electron chi connectivity index (χ3n) is 7.48. The molecule has 2 aliphatic rings. The molecule has 0 bridgehead atoms. The molecule has 0 unspecified atom stereocenters. The lowest BCUT2D eigenvalue weighted by Crippen LogP contribution is -2.23. The van der Waals surface area contributed by atoms with Crippen molar-refractivity contribution in [1.29, 1.82) is 0 Å². The van der Waals surface area contributed by atoms with Crippen molar-refractivity contribution < 1.29 is 39.0 Å². The molecule has 0 aliphatic heterocycles. The Morgan fingerprint density at radius 2 is 0.825 bits per heavy atom. The molecule has 2 aliphatic carbocycles. The van der Waals surface area contributed by atoms with Crippen LogP contribution in [0.25, 0.3) is 0 Å². The van der Waals surface area contributed by atoms with Crippen LogP contribution in [0.2, 0.25) is 0 Å². The summed E-state index contributed by atoms with van der Waals surface area (Å²) in [5.41, 5.74) is -0.0731. The maximum Gasteiger partial charge on any atom is 0.309 e. The van der Waals surface area contributed by atoms with Crippen molar-refractivity contribution in [3.63, 3.8) is 0 Å². The van der Waals surface area contributed by atoms with E-state index in [9.17, 15) is 39.0 Å². The standard InChI is InChI=1S/C31H40O8.CH4/c1-30(2,28(36)37)14-7-5-10-20-16-24(32)18-22(26(20)34)12-9-13-23-19-25(33)17-21(27(23)35)11-6-8-15-31(3,4)29(38)39;/h16-19H,5-15H2,1-4H3,(H,36,37)(H,38,39);1H4. The molecule has 2 N–H and O–H groups in total. The summed E-state index contributed by atoms with van der Waals surface area (Å²) < 4.78 is 0. The third kappa shape index (κ3) is 9.96. The average molecular weight is 557 g/mol. The molecule has 0 aromatic rings. The summed E-state index contributed by atoms with van der Waals surface area (Å²) >= 11 is 0. The largest absolute Gasteiger partial charge is 0.481 e. The van der Waals surface area contributed by atoms with E-state index < -0.39 is 22.8 Å². The molecule has 0 aromatic heterocycles. The zero-order valence-electron chi connectivity index (χ0n) is 23.4. The first-order valence-corrected chi connectivity index (χ1v) is 13.6. The molecule has 220 valence electrons. The molecule has 0 heterocycles. The lowest BCUT2D eigenvalue weighted by Gasteiger charge is -2.19. The second-order valence-corrected chi connectivity index (χ2v) is 11.8. The van der Waals surface area contributed by atoms with Crippen molar-refractivity contribution in [3.8, 4) is 0 Å². The number of aliphatic carboxylic acids is 2. The van der Waals surface area contributed by atoms with Crippen molar-refractivity contribution in [2.45, 2.75) is 106 Å². The van der Waals surface area contributed by atoms with Crippen molar-refractivity contribution in [2.24, 2.45) is 10.8 Å². The summed E-state index contributed by atoms with van der Waals surface area (Å²) in [5, 5.41) is 18.5. The fraction of sp³-hybridized carbons (Fsp3) is 0.562. The lowest BCUT2D eigenvalue weighted by molar-refractivity contribution is -0.148. The van der Waals surface area contributed by atoms with Gasteiger partial charge in [0.2, 0.25) is 0 Å². The van der Waals surface area contributed by atoms with Gasteiger partial charge in [-0.2, -0.15) is 0 Å². The molecular weight excluding hydrogens is 512 g/mol. The maximum atomic E-state index is 12.9. The van der Waals surface area contributed by atoms with Crippen LogP contribution in [0.1, 0.15) is 106 Å². The molecule has 0 aromatic carbocycles. The van der Waals surface area contributed by atoms with E-state index in [1.54, 1.807) is 27.7 Å².